The minimum absolute atomic E-state index is 1.11. The van der Waals surface area contributed by atoms with Gasteiger partial charge in [-0.3, -0.25) is 0 Å². The van der Waals surface area contributed by atoms with E-state index in [1.54, 1.807) is 0 Å². The average Bonchev–Trinajstić information content (AvgIpc) is 3.56. The highest BCUT2D eigenvalue weighted by molar-refractivity contribution is 6.19. The summed E-state index contributed by atoms with van der Waals surface area (Å²) in [4.78, 5) is 0. The van der Waals surface area contributed by atoms with Crippen LogP contribution in [-0.2, 0) is 6.42 Å². The van der Waals surface area contributed by atoms with Crippen LogP contribution in [0.2, 0.25) is 0 Å². The Hall–Kier alpha value is -5.34. The van der Waals surface area contributed by atoms with Crippen LogP contribution in [0.3, 0.4) is 0 Å². The predicted octanol–water partition coefficient (Wildman–Crippen LogP) is 11.1. The number of rotatable bonds is 3. The van der Waals surface area contributed by atoms with Crippen LogP contribution in [0, 0.1) is 13.8 Å². The number of allylic oxidation sites excluding steroid dienone is 1. The van der Waals surface area contributed by atoms with Crippen molar-refractivity contribution >= 4 is 49.7 Å². The van der Waals surface area contributed by atoms with Crippen molar-refractivity contribution in [1.82, 2.24) is 9.13 Å². The lowest BCUT2D eigenvalue weighted by molar-refractivity contribution is 0.984. The molecule has 2 nitrogen and oxygen atoms in total. The number of aryl methyl sites for hydroxylation is 2. The number of para-hydroxylation sites is 3. The van der Waals surface area contributed by atoms with Crippen LogP contribution in [0.1, 0.15) is 28.7 Å². The van der Waals surface area contributed by atoms with Crippen molar-refractivity contribution in [2.45, 2.75) is 26.7 Å². The molecule has 0 spiro atoms. The maximum atomic E-state index is 2.50. The third kappa shape index (κ3) is 3.55. The van der Waals surface area contributed by atoms with E-state index in [1.165, 1.54) is 88.4 Å². The van der Waals surface area contributed by atoms with Crippen molar-refractivity contribution in [1.29, 1.82) is 0 Å². The highest BCUT2D eigenvalue weighted by Crippen LogP contribution is 2.42. The monoisotopic (exact) mass is 564 g/mol. The standard InChI is InChI=1S/C42H32N2/c1-27-23-24-29-13-6-7-16-32(29)42(27)31-19-12-22-37(28(31)2)44-39-21-11-9-18-34(39)36-25-35-33-17-8-10-20-38(33)43(40(35)26-41(36)44)30-14-4-3-5-15-30/h3-5,7-12,14-26H,6,13H2,1-2H3. The Morgan fingerprint density at radius 2 is 1.23 bits per heavy atom. The second-order valence-electron chi connectivity index (χ2n) is 12.1. The summed E-state index contributed by atoms with van der Waals surface area (Å²) < 4.78 is 4.91. The Morgan fingerprint density at radius 3 is 2.00 bits per heavy atom. The fraction of sp³-hybridized carbons (Fsp3) is 0.0952. The molecule has 0 saturated carbocycles. The second-order valence-corrected chi connectivity index (χ2v) is 12.1. The van der Waals surface area contributed by atoms with E-state index < -0.39 is 0 Å². The molecule has 0 radical (unpaired) electrons. The van der Waals surface area contributed by atoms with Crippen LogP contribution in [0.4, 0.5) is 0 Å². The molecule has 1 aliphatic carbocycles. The van der Waals surface area contributed by atoms with E-state index >= 15 is 0 Å². The molecule has 0 saturated heterocycles. The van der Waals surface area contributed by atoms with Crippen LogP contribution in [-0.4, -0.2) is 9.13 Å². The van der Waals surface area contributed by atoms with Crippen molar-refractivity contribution in [3.8, 4) is 22.5 Å². The first kappa shape index (κ1) is 25.2. The van der Waals surface area contributed by atoms with E-state index in [0.29, 0.717) is 0 Å². The Morgan fingerprint density at radius 1 is 0.545 bits per heavy atom. The molecule has 6 aromatic carbocycles. The van der Waals surface area contributed by atoms with Crippen molar-refractivity contribution in [2.24, 2.45) is 0 Å². The van der Waals surface area contributed by atoms with Crippen LogP contribution in [0.15, 0.2) is 127 Å². The molecule has 9 rings (SSSR count). The van der Waals surface area contributed by atoms with Gasteiger partial charge in [-0.1, -0.05) is 91.0 Å². The minimum atomic E-state index is 1.11. The largest absolute Gasteiger partial charge is 0.309 e. The molecule has 0 fully saturated rings. The molecule has 210 valence electrons. The summed E-state index contributed by atoms with van der Waals surface area (Å²) >= 11 is 0. The molecule has 0 bridgehead atoms. The molecule has 0 N–H and O–H groups in total. The first-order chi connectivity index (χ1) is 21.7. The van der Waals surface area contributed by atoms with E-state index in [1.807, 2.05) is 0 Å². The predicted molar refractivity (Wildman–Crippen MR) is 187 cm³/mol. The highest BCUT2D eigenvalue weighted by atomic mass is 15.0. The van der Waals surface area contributed by atoms with E-state index in [-0.39, 0.29) is 0 Å². The molecule has 44 heavy (non-hydrogen) atoms. The topological polar surface area (TPSA) is 9.86 Å². The van der Waals surface area contributed by atoms with Crippen LogP contribution >= 0.6 is 0 Å². The Balaban J connectivity index is 1.39. The van der Waals surface area contributed by atoms with Gasteiger partial charge in [-0.05, 0) is 103 Å². The summed E-state index contributed by atoms with van der Waals surface area (Å²) in [5.41, 5.74) is 15.5. The zero-order valence-electron chi connectivity index (χ0n) is 25.0. The van der Waals surface area contributed by atoms with Crippen LogP contribution in [0.5, 0.6) is 0 Å². The van der Waals surface area contributed by atoms with Crippen LogP contribution < -0.4 is 0 Å². The summed E-state index contributed by atoms with van der Waals surface area (Å²) in [6.45, 7) is 4.56. The Labute approximate surface area is 257 Å². The van der Waals surface area contributed by atoms with E-state index in [9.17, 15) is 0 Å². The summed E-state index contributed by atoms with van der Waals surface area (Å²) in [6, 6.07) is 44.7. The Kier molecular flexibility index (Phi) is 5.49. The van der Waals surface area contributed by atoms with Gasteiger partial charge in [0, 0.05) is 32.9 Å². The average molecular weight is 565 g/mol. The van der Waals surface area contributed by atoms with Gasteiger partial charge in [-0.15, -0.1) is 0 Å². The second kappa shape index (κ2) is 9.59. The zero-order valence-corrected chi connectivity index (χ0v) is 25.0. The van der Waals surface area contributed by atoms with Gasteiger partial charge in [0.05, 0.1) is 22.1 Å². The number of hydrogen-bond acceptors (Lipinski definition) is 0. The van der Waals surface area contributed by atoms with Gasteiger partial charge in [0.15, 0.2) is 0 Å². The van der Waals surface area contributed by atoms with Crippen molar-refractivity contribution in [3.63, 3.8) is 0 Å². The van der Waals surface area contributed by atoms with E-state index in [4.69, 9.17) is 0 Å². The third-order valence-corrected chi connectivity index (χ3v) is 9.70. The lowest BCUT2D eigenvalue weighted by Gasteiger charge is -2.21. The number of nitrogens with zero attached hydrogens (tertiary/aromatic N) is 2. The van der Waals surface area contributed by atoms with Crippen molar-refractivity contribution < 1.29 is 0 Å². The molecule has 0 aliphatic heterocycles. The molecule has 1 aliphatic rings. The fourth-order valence-corrected chi connectivity index (χ4v) is 7.66. The molecule has 8 aromatic rings. The molecule has 2 heteroatoms. The molecule has 2 heterocycles. The third-order valence-electron chi connectivity index (χ3n) is 9.70. The van der Waals surface area contributed by atoms with Crippen molar-refractivity contribution in [2.75, 3.05) is 0 Å². The van der Waals surface area contributed by atoms with Gasteiger partial charge in [0.1, 0.15) is 0 Å². The number of hydrogen-bond donors (Lipinski definition) is 0. The van der Waals surface area contributed by atoms with E-state index in [2.05, 4.69) is 156 Å². The fourth-order valence-electron chi connectivity index (χ4n) is 7.66. The normalized spacial score (nSPS) is 13.0. The zero-order chi connectivity index (χ0) is 29.4. The smallest absolute Gasteiger partial charge is 0.0562 e. The maximum Gasteiger partial charge on any atom is 0.0562 e. The maximum absolute atomic E-state index is 2.50. The molecule has 2 aromatic heterocycles. The summed E-state index contributed by atoms with van der Waals surface area (Å²) in [5.74, 6) is 0. The molecule has 0 atom stereocenters. The molecule has 0 amide bonds. The number of benzene rings is 6. The van der Waals surface area contributed by atoms with Crippen LogP contribution in [0.25, 0.3) is 72.2 Å². The minimum Gasteiger partial charge on any atom is -0.309 e. The van der Waals surface area contributed by atoms with Gasteiger partial charge in [-0.25, -0.2) is 0 Å². The van der Waals surface area contributed by atoms with Crippen molar-refractivity contribution in [3.05, 3.63) is 150 Å². The van der Waals surface area contributed by atoms with Gasteiger partial charge >= 0.3 is 0 Å². The lowest BCUT2D eigenvalue weighted by atomic mass is 9.85. The summed E-state index contributed by atoms with van der Waals surface area (Å²) in [6.07, 6.45) is 6.89. The van der Waals surface area contributed by atoms with Gasteiger partial charge < -0.3 is 9.13 Å². The summed E-state index contributed by atoms with van der Waals surface area (Å²) in [7, 11) is 0. The molecule has 0 unspecified atom stereocenters. The highest BCUT2D eigenvalue weighted by Gasteiger charge is 2.21. The first-order valence-electron chi connectivity index (χ1n) is 15.6. The lowest BCUT2D eigenvalue weighted by Crippen LogP contribution is -2.03. The molecular formula is C42H32N2. The van der Waals surface area contributed by atoms with Gasteiger partial charge in [0.25, 0.3) is 0 Å². The SMILES string of the molecule is Cc1ccc2c(c1-c1cccc(-n3c4ccccc4c4cc5c6ccccc6n(-c6ccccc6)c5cc43)c1C)C=CCC2. The first-order valence-corrected chi connectivity index (χ1v) is 15.6. The number of aromatic nitrogens is 2. The quantitative estimate of drug-likeness (QED) is 0.202. The van der Waals surface area contributed by atoms with E-state index in [0.717, 1.165) is 12.8 Å². The Bertz CT molecular complexity index is 2450. The van der Waals surface area contributed by atoms with Gasteiger partial charge in [-0.2, -0.15) is 0 Å². The number of fused-ring (bicyclic) bond motifs is 7. The summed E-state index contributed by atoms with van der Waals surface area (Å²) in [5, 5.41) is 5.12. The van der Waals surface area contributed by atoms with Gasteiger partial charge in [0.2, 0.25) is 0 Å². The molecular weight excluding hydrogens is 532 g/mol.